The van der Waals surface area contributed by atoms with Gasteiger partial charge >= 0.3 is 177 Å². The Bertz CT molecular complexity index is 1310. The van der Waals surface area contributed by atoms with E-state index in [0.29, 0.717) is 0 Å². The van der Waals surface area contributed by atoms with Crippen molar-refractivity contribution in [1.29, 1.82) is 0 Å². The second-order valence-electron chi connectivity index (χ2n) is 8.85. The van der Waals surface area contributed by atoms with Gasteiger partial charge in [-0.15, -0.1) is 0 Å². The zero-order valence-corrected chi connectivity index (χ0v) is 19.3. The molecule has 3 aliphatic rings. The number of para-hydroxylation sites is 1. The Morgan fingerprint density at radius 2 is 1.00 bits per heavy atom. The van der Waals surface area contributed by atoms with Gasteiger partial charge in [0.1, 0.15) is 0 Å². The van der Waals surface area contributed by atoms with Crippen molar-refractivity contribution in [3.05, 3.63) is 84.9 Å². The van der Waals surface area contributed by atoms with Crippen molar-refractivity contribution in [2.45, 2.75) is 9.74 Å². The summed E-state index contributed by atoms with van der Waals surface area (Å²) in [5, 5.41) is 0. The number of nitrogens with zero attached hydrogens (tertiary/aromatic N) is 1. The van der Waals surface area contributed by atoms with E-state index in [9.17, 15) is 0 Å². The number of hydrogen-bond acceptors (Lipinski definition) is 3. The van der Waals surface area contributed by atoms with Gasteiger partial charge in [0.25, 0.3) is 0 Å². The third kappa shape index (κ3) is 1.76. The summed E-state index contributed by atoms with van der Waals surface area (Å²) in [7, 11) is 0. The fourth-order valence-electron chi connectivity index (χ4n) is 5.78. The van der Waals surface area contributed by atoms with Gasteiger partial charge in [0, 0.05) is 0 Å². The number of rotatable bonds is 1. The molecule has 0 saturated carbocycles. The molecule has 0 fully saturated rings. The van der Waals surface area contributed by atoms with Crippen LogP contribution in [0.2, 0.25) is 9.74 Å². The number of benzene rings is 4. The Hall–Kier alpha value is -2.90. The van der Waals surface area contributed by atoms with Crippen LogP contribution in [0.25, 0.3) is 0 Å². The van der Waals surface area contributed by atoms with Crippen LogP contribution < -0.4 is 24.9 Å². The second-order valence-corrected chi connectivity index (χ2v) is 24.8. The Labute approximate surface area is 176 Å². The van der Waals surface area contributed by atoms with Crippen LogP contribution in [0.4, 0.5) is 17.1 Å². The van der Waals surface area contributed by atoms with Gasteiger partial charge in [0.05, 0.1) is 0 Å². The van der Waals surface area contributed by atoms with E-state index >= 15 is 0 Å². The number of ether oxygens (including phenoxy) is 2. The van der Waals surface area contributed by atoms with Gasteiger partial charge in [-0.1, -0.05) is 0 Å². The van der Waals surface area contributed by atoms with Gasteiger partial charge in [-0.25, -0.2) is 0 Å². The van der Waals surface area contributed by atoms with Crippen molar-refractivity contribution in [2.24, 2.45) is 0 Å². The van der Waals surface area contributed by atoms with Crippen molar-refractivity contribution in [2.75, 3.05) is 4.90 Å². The van der Waals surface area contributed by atoms with Crippen LogP contribution in [0.3, 0.4) is 0 Å². The molecule has 4 aromatic carbocycles. The normalized spacial score (nSPS) is 18.9. The van der Waals surface area contributed by atoms with E-state index in [4.69, 9.17) is 9.47 Å². The van der Waals surface area contributed by atoms with Crippen molar-refractivity contribution in [1.82, 2.24) is 0 Å². The fraction of sp³-hybridized carbons (Fsp3) is 0.0769. The molecule has 0 saturated heterocycles. The second kappa shape index (κ2) is 5.22. The minimum absolute atomic E-state index is 0.956. The topological polar surface area (TPSA) is 21.7 Å². The van der Waals surface area contributed by atoms with Gasteiger partial charge < -0.3 is 0 Å². The molecule has 0 radical (unpaired) electrons. The molecule has 146 valence electrons. The van der Waals surface area contributed by atoms with E-state index < -0.39 is 17.4 Å². The first-order chi connectivity index (χ1) is 14.6. The van der Waals surface area contributed by atoms with Crippen molar-refractivity contribution in [3.63, 3.8) is 0 Å². The fourth-order valence-corrected chi connectivity index (χ4v) is 21.5. The zero-order chi connectivity index (χ0) is 20.1. The summed E-state index contributed by atoms with van der Waals surface area (Å²) in [6, 6.07) is 29.8. The molecule has 0 aromatic heterocycles. The molecule has 0 unspecified atom stereocenters. The van der Waals surface area contributed by atoms with Gasteiger partial charge in [-0.05, 0) is 0 Å². The first-order valence-corrected chi connectivity index (χ1v) is 19.1. The molecule has 0 N–H and O–H groups in total. The van der Waals surface area contributed by atoms with Gasteiger partial charge in [0.15, 0.2) is 0 Å². The molecule has 4 heteroatoms. The summed E-state index contributed by atoms with van der Waals surface area (Å²) in [5.74, 6) is 3.90. The van der Waals surface area contributed by atoms with Gasteiger partial charge in [0.2, 0.25) is 0 Å². The monoisotopic (exact) mass is 499 g/mol. The molecular formula is C26H20NO2Sb. The van der Waals surface area contributed by atoms with E-state index in [2.05, 4.69) is 93.5 Å². The Morgan fingerprint density at radius 1 is 0.533 bits per heavy atom. The standard InChI is InChI=1S/C24H14NO2.2CH3.Sb/c1-2-7-18(8-3-1)25-19-9-4-11-21(15-19)26-23-13-6-14-24(17-23)27-22-12-5-10-20(25)16-22;;;/h1-14H;2*1H3;. The summed E-state index contributed by atoms with van der Waals surface area (Å²) >= 11 is -3.85. The van der Waals surface area contributed by atoms with Crippen LogP contribution in [0.15, 0.2) is 84.9 Å². The first-order valence-electron chi connectivity index (χ1n) is 10.2. The molecule has 30 heavy (non-hydrogen) atoms. The molecule has 7 rings (SSSR count). The molecule has 3 aliphatic heterocycles. The zero-order valence-electron chi connectivity index (χ0n) is 16.8. The van der Waals surface area contributed by atoms with Crippen molar-refractivity contribution < 1.29 is 9.47 Å². The van der Waals surface area contributed by atoms with Crippen LogP contribution in [-0.4, -0.2) is 17.4 Å². The van der Waals surface area contributed by atoms with Crippen molar-refractivity contribution in [3.8, 4) is 23.0 Å². The molecule has 0 atom stereocenters. The molecule has 0 amide bonds. The third-order valence-corrected chi connectivity index (χ3v) is 22.2. The average Bonchev–Trinajstić information content (AvgIpc) is 2.74. The average molecular weight is 500 g/mol. The van der Waals surface area contributed by atoms with E-state index in [0.717, 1.165) is 28.7 Å². The summed E-state index contributed by atoms with van der Waals surface area (Å²) in [6.45, 7) is 0. The quantitative estimate of drug-likeness (QED) is 0.289. The predicted octanol–water partition coefficient (Wildman–Crippen LogP) is 5.37. The molecular weight excluding hydrogens is 480 g/mol. The van der Waals surface area contributed by atoms with E-state index in [1.54, 1.807) is 0 Å². The predicted molar refractivity (Wildman–Crippen MR) is 124 cm³/mol. The van der Waals surface area contributed by atoms with E-state index in [-0.39, 0.29) is 0 Å². The third-order valence-electron chi connectivity index (χ3n) is 6.87. The van der Waals surface area contributed by atoms with Crippen LogP contribution >= 0.6 is 0 Å². The van der Waals surface area contributed by atoms with Crippen molar-refractivity contribution >= 4 is 45.0 Å². The summed E-state index contributed by atoms with van der Waals surface area (Å²) in [5.41, 5.74) is 3.62. The number of hydrogen-bond donors (Lipinski definition) is 0. The molecule has 3 heterocycles. The summed E-state index contributed by atoms with van der Waals surface area (Å²) in [4.78, 5) is 7.45. The first kappa shape index (κ1) is 16.8. The molecule has 0 bridgehead atoms. The Kier molecular flexibility index (Phi) is 2.93. The van der Waals surface area contributed by atoms with Crippen LogP contribution in [0.5, 0.6) is 23.0 Å². The molecule has 0 spiro atoms. The Balaban J connectivity index is 1.71. The maximum absolute atomic E-state index is 6.51. The van der Waals surface area contributed by atoms with Gasteiger partial charge in [-0.3, -0.25) is 0 Å². The van der Waals surface area contributed by atoms with E-state index in [1.165, 1.54) is 21.9 Å². The van der Waals surface area contributed by atoms with Crippen LogP contribution in [-0.2, 0) is 0 Å². The van der Waals surface area contributed by atoms with Gasteiger partial charge in [-0.2, -0.15) is 0 Å². The number of anilines is 3. The minimum atomic E-state index is -3.85. The molecule has 3 nitrogen and oxygen atoms in total. The summed E-state index contributed by atoms with van der Waals surface area (Å²) in [6.07, 6.45) is 0. The van der Waals surface area contributed by atoms with Crippen LogP contribution in [0.1, 0.15) is 0 Å². The summed E-state index contributed by atoms with van der Waals surface area (Å²) < 4.78 is 17.1. The molecule has 4 aromatic rings. The maximum atomic E-state index is 6.51. The molecule has 0 aliphatic carbocycles. The SMILES string of the molecule is [CH3][Sb]12([CH3])[c]3c4cccc3Oc3cccc([c]31)N(c1ccccc1)c1cccc([c]12)O4. The van der Waals surface area contributed by atoms with Crippen LogP contribution in [0, 0.1) is 0 Å². The van der Waals surface area contributed by atoms with E-state index in [1.807, 2.05) is 6.07 Å². The Morgan fingerprint density at radius 3 is 1.53 bits per heavy atom.